The minimum absolute atomic E-state index is 0.000722. The van der Waals surface area contributed by atoms with E-state index in [1.807, 2.05) is 11.8 Å². The van der Waals surface area contributed by atoms with Gasteiger partial charge in [0.2, 0.25) is 0 Å². The summed E-state index contributed by atoms with van der Waals surface area (Å²) in [4.78, 5) is 0. The van der Waals surface area contributed by atoms with Crippen molar-refractivity contribution in [3.63, 3.8) is 0 Å². The lowest BCUT2D eigenvalue weighted by atomic mass is 10.2. The molecule has 0 aliphatic carbocycles. The molecule has 33 heavy (non-hydrogen) atoms. The van der Waals surface area contributed by atoms with Gasteiger partial charge in [-0.05, 0) is 30.4 Å². The molecule has 166 valence electrons. The summed E-state index contributed by atoms with van der Waals surface area (Å²) in [6.07, 6.45) is 1.09. The number of thioether (sulfide) groups is 1. The van der Waals surface area contributed by atoms with Crippen LogP contribution in [0.15, 0.2) is 118 Å². The van der Waals surface area contributed by atoms with Crippen molar-refractivity contribution in [3.05, 3.63) is 119 Å². The molecule has 4 aromatic rings. The van der Waals surface area contributed by atoms with Crippen LogP contribution in [0.3, 0.4) is 0 Å². The van der Waals surface area contributed by atoms with Crippen LogP contribution in [-0.2, 0) is 4.74 Å². The molecule has 0 radical (unpaired) electrons. The van der Waals surface area contributed by atoms with Gasteiger partial charge in [-0.3, -0.25) is 4.74 Å². The van der Waals surface area contributed by atoms with Gasteiger partial charge in [-0.1, -0.05) is 107 Å². The number of rotatable bonds is 5. The summed E-state index contributed by atoms with van der Waals surface area (Å²) in [6.45, 7) is 0.792. The van der Waals surface area contributed by atoms with Crippen LogP contribution in [0.1, 0.15) is 17.4 Å². The van der Waals surface area contributed by atoms with Gasteiger partial charge in [0.25, 0.3) is 0 Å². The second kappa shape index (κ2) is 10.4. The fourth-order valence-corrected chi connectivity index (χ4v) is 9.18. The van der Waals surface area contributed by atoms with Crippen molar-refractivity contribution in [3.8, 4) is 0 Å². The highest BCUT2D eigenvalue weighted by molar-refractivity contribution is 9.10. The first kappa shape index (κ1) is 22.7. The Bertz CT molecular complexity index is 1160. The van der Waals surface area contributed by atoms with Crippen LogP contribution in [-0.4, -0.2) is 12.4 Å². The summed E-state index contributed by atoms with van der Waals surface area (Å²) >= 11 is 5.54. The third-order valence-electron chi connectivity index (χ3n) is 5.72. The summed E-state index contributed by atoms with van der Waals surface area (Å²) in [7, 11) is -2.32. The molecule has 2 nitrogen and oxygen atoms in total. The highest BCUT2D eigenvalue weighted by atomic mass is 79.9. The summed E-state index contributed by atoms with van der Waals surface area (Å²) < 4.78 is 13.0. The van der Waals surface area contributed by atoms with Crippen LogP contribution < -0.4 is 15.9 Å². The Kier molecular flexibility index (Phi) is 7.18. The first-order valence-electron chi connectivity index (χ1n) is 11.1. The minimum atomic E-state index is -2.32. The first-order valence-corrected chi connectivity index (χ1v) is 14.7. The van der Waals surface area contributed by atoms with Crippen molar-refractivity contribution in [1.29, 1.82) is 0 Å². The summed E-state index contributed by atoms with van der Waals surface area (Å²) in [5.41, 5.74) is 2.14. The third kappa shape index (κ3) is 4.76. The van der Waals surface area contributed by atoms with Crippen molar-refractivity contribution in [2.45, 2.75) is 11.9 Å². The summed E-state index contributed by atoms with van der Waals surface area (Å²) in [5, 5.41) is 3.73. The van der Waals surface area contributed by atoms with Gasteiger partial charge < -0.3 is 4.74 Å². The van der Waals surface area contributed by atoms with E-state index in [1.54, 1.807) is 0 Å². The van der Waals surface area contributed by atoms with E-state index in [2.05, 4.69) is 125 Å². The average Bonchev–Trinajstić information content (AvgIpc) is 2.90. The molecule has 1 aliphatic heterocycles. The average molecular weight is 534 g/mol. The topological polar surface area (TPSA) is 21.6 Å². The number of benzene rings is 4. The zero-order valence-electron chi connectivity index (χ0n) is 18.2. The van der Waals surface area contributed by atoms with E-state index in [-0.39, 0.29) is 5.44 Å². The number of halogens is 1. The standard InChI is InChI=1S/C28H25BrNOPS/c29-22-17-18-27(26(21-22)28-31-19-10-20-33-28)30-32(23-11-4-1-5-12-23,24-13-6-2-7-14-24)25-15-8-3-9-16-25/h1-9,11-18,21,28H,10,19-20H2. The molecule has 4 aromatic carbocycles. The first-order chi connectivity index (χ1) is 16.3. The maximum atomic E-state index is 6.19. The lowest BCUT2D eigenvalue weighted by Gasteiger charge is -2.29. The number of ether oxygens (including phenoxy) is 1. The van der Waals surface area contributed by atoms with E-state index in [9.17, 15) is 0 Å². The van der Waals surface area contributed by atoms with Gasteiger partial charge in [0, 0.05) is 32.6 Å². The third-order valence-corrected chi connectivity index (χ3v) is 11.1. The predicted molar refractivity (Wildman–Crippen MR) is 147 cm³/mol. The van der Waals surface area contributed by atoms with Crippen LogP contribution >= 0.6 is 34.7 Å². The highest BCUT2D eigenvalue weighted by Gasteiger charge is 2.29. The van der Waals surface area contributed by atoms with E-state index in [1.165, 1.54) is 15.9 Å². The monoisotopic (exact) mass is 533 g/mol. The molecular formula is C28H25BrNOPS. The van der Waals surface area contributed by atoms with Crippen molar-refractivity contribution in [1.82, 2.24) is 0 Å². The van der Waals surface area contributed by atoms with Gasteiger partial charge in [0.15, 0.2) is 0 Å². The Morgan fingerprint density at radius 1 is 0.758 bits per heavy atom. The Balaban J connectivity index is 1.85. The van der Waals surface area contributed by atoms with E-state index in [0.717, 1.165) is 34.5 Å². The van der Waals surface area contributed by atoms with Crippen molar-refractivity contribution in [2.24, 2.45) is 4.74 Å². The molecular weight excluding hydrogens is 509 g/mol. The molecule has 1 fully saturated rings. The molecule has 1 aliphatic rings. The van der Waals surface area contributed by atoms with Gasteiger partial charge in [0.05, 0.1) is 12.7 Å². The minimum Gasteiger partial charge on any atom is -0.363 e. The molecule has 1 atom stereocenters. The zero-order chi connectivity index (χ0) is 22.5. The van der Waals surface area contributed by atoms with Gasteiger partial charge in [-0.25, -0.2) is 0 Å². The van der Waals surface area contributed by atoms with Crippen LogP contribution in [0.5, 0.6) is 0 Å². The van der Waals surface area contributed by atoms with E-state index in [4.69, 9.17) is 9.48 Å². The fraction of sp³-hybridized carbons (Fsp3) is 0.143. The molecule has 0 N–H and O–H groups in total. The SMILES string of the molecule is Brc1ccc(N=P(c2ccccc2)(c2ccccc2)c2ccccc2)c(C2OCCCS2)c1. The molecule has 0 saturated carbocycles. The Morgan fingerprint density at radius 2 is 1.30 bits per heavy atom. The summed E-state index contributed by atoms with van der Waals surface area (Å²) in [6, 6.07) is 38.7. The van der Waals surface area contributed by atoms with Crippen molar-refractivity contribution >= 4 is 56.3 Å². The molecule has 0 bridgehead atoms. The molecule has 1 saturated heterocycles. The lowest BCUT2D eigenvalue weighted by molar-refractivity contribution is 0.107. The number of nitrogens with zero attached hydrogens (tertiary/aromatic N) is 1. The molecule has 1 unspecified atom stereocenters. The maximum Gasteiger partial charge on any atom is 0.130 e. The highest BCUT2D eigenvalue weighted by Crippen LogP contribution is 2.51. The van der Waals surface area contributed by atoms with Gasteiger partial charge in [0.1, 0.15) is 5.44 Å². The van der Waals surface area contributed by atoms with Crippen molar-refractivity contribution in [2.75, 3.05) is 12.4 Å². The van der Waals surface area contributed by atoms with Crippen molar-refractivity contribution < 1.29 is 4.74 Å². The quantitative estimate of drug-likeness (QED) is 0.249. The summed E-state index contributed by atoms with van der Waals surface area (Å²) in [5.74, 6) is 1.10. The Morgan fingerprint density at radius 3 is 1.79 bits per heavy atom. The van der Waals surface area contributed by atoms with Crippen LogP contribution in [0, 0.1) is 0 Å². The van der Waals surface area contributed by atoms with Crippen LogP contribution in [0.2, 0.25) is 0 Å². The van der Waals surface area contributed by atoms with E-state index >= 15 is 0 Å². The molecule has 5 heteroatoms. The van der Waals surface area contributed by atoms with Crippen LogP contribution in [0.25, 0.3) is 0 Å². The van der Waals surface area contributed by atoms with E-state index < -0.39 is 7.05 Å². The number of hydrogen-bond acceptors (Lipinski definition) is 3. The maximum absolute atomic E-state index is 6.19. The normalized spacial score (nSPS) is 16.3. The lowest BCUT2D eigenvalue weighted by Crippen LogP contribution is -2.25. The van der Waals surface area contributed by atoms with Gasteiger partial charge in [-0.15, -0.1) is 11.8 Å². The smallest absolute Gasteiger partial charge is 0.130 e. The fourth-order valence-electron chi connectivity index (χ4n) is 4.19. The zero-order valence-corrected chi connectivity index (χ0v) is 21.5. The largest absolute Gasteiger partial charge is 0.363 e. The molecule has 1 heterocycles. The molecule has 0 amide bonds. The van der Waals surface area contributed by atoms with Gasteiger partial charge in [-0.2, -0.15) is 0 Å². The van der Waals surface area contributed by atoms with E-state index in [0.29, 0.717) is 0 Å². The second-order valence-corrected chi connectivity index (χ2v) is 13.0. The molecule has 5 rings (SSSR count). The Labute approximate surface area is 208 Å². The molecule has 0 spiro atoms. The van der Waals surface area contributed by atoms with Gasteiger partial charge >= 0.3 is 0 Å². The second-order valence-electron chi connectivity index (χ2n) is 7.87. The number of hydrogen-bond donors (Lipinski definition) is 0. The Hall–Kier alpha value is -2.10. The predicted octanol–water partition coefficient (Wildman–Crippen LogP) is 7.41. The van der Waals surface area contributed by atoms with Crippen LogP contribution in [0.4, 0.5) is 5.69 Å². The molecule has 0 aromatic heterocycles.